The fraction of sp³-hybridized carbons (Fsp3) is 0.600. The van der Waals surface area contributed by atoms with Gasteiger partial charge < -0.3 is 10.2 Å². The first kappa shape index (κ1) is 14.0. The molecule has 0 saturated carbocycles. The number of hydrogen-bond donors (Lipinski definition) is 1. The van der Waals surface area contributed by atoms with Crippen LogP contribution in [0.4, 0.5) is 5.69 Å². The summed E-state index contributed by atoms with van der Waals surface area (Å²) in [6, 6.07) is 9.98. The van der Waals surface area contributed by atoms with Crippen molar-refractivity contribution < 1.29 is 0 Å². The third-order valence-corrected chi connectivity index (χ3v) is 3.35. The van der Waals surface area contributed by atoms with E-state index in [1.54, 1.807) is 0 Å². The predicted molar refractivity (Wildman–Crippen MR) is 76.7 cm³/mol. The second-order valence-corrected chi connectivity index (χ2v) is 4.72. The van der Waals surface area contributed by atoms with Crippen LogP contribution in [0.3, 0.4) is 0 Å². The van der Waals surface area contributed by atoms with Gasteiger partial charge in [-0.15, -0.1) is 0 Å². The van der Waals surface area contributed by atoms with Crippen LogP contribution in [0.5, 0.6) is 0 Å². The average molecular weight is 234 g/mol. The smallest absolute Gasteiger partial charge is 0.0368 e. The molecule has 2 heteroatoms. The Morgan fingerprint density at radius 2 is 1.71 bits per heavy atom. The summed E-state index contributed by atoms with van der Waals surface area (Å²) in [7, 11) is 2.02. The minimum Gasteiger partial charge on any atom is -0.369 e. The van der Waals surface area contributed by atoms with E-state index < -0.39 is 0 Å². The SMILES string of the molecule is CCC(NC)c1ccc(N(CC)C(C)C)cc1. The largest absolute Gasteiger partial charge is 0.369 e. The molecule has 0 saturated heterocycles. The molecule has 0 amide bonds. The highest BCUT2D eigenvalue weighted by Gasteiger charge is 2.10. The number of rotatable bonds is 6. The van der Waals surface area contributed by atoms with Crippen molar-refractivity contribution in [2.45, 2.75) is 46.2 Å². The molecule has 0 aromatic heterocycles. The summed E-state index contributed by atoms with van der Waals surface area (Å²) in [5, 5.41) is 3.34. The zero-order valence-corrected chi connectivity index (χ0v) is 11.8. The van der Waals surface area contributed by atoms with Crippen molar-refractivity contribution in [1.82, 2.24) is 5.32 Å². The number of hydrogen-bond acceptors (Lipinski definition) is 2. The molecule has 1 aromatic rings. The lowest BCUT2D eigenvalue weighted by atomic mass is 10.0. The van der Waals surface area contributed by atoms with Crippen LogP contribution in [-0.4, -0.2) is 19.6 Å². The summed E-state index contributed by atoms with van der Waals surface area (Å²) in [6.45, 7) is 9.94. The summed E-state index contributed by atoms with van der Waals surface area (Å²) in [5.74, 6) is 0. The van der Waals surface area contributed by atoms with Gasteiger partial charge in [0.25, 0.3) is 0 Å². The minimum atomic E-state index is 0.471. The Hall–Kier alpha value is -1.02. The van der Waals surface area contributed by atoms with Gasteiger partial charge in [0.1, 0.15) is 0 Å². The van der Waals surface area contributed by atoms with Crippen LogP contribution in [0.15, 0.2) is 24.3 Å². The second kappa shape index (κ2) is 6.65. The van der Waals surface area contributed by atoms with Crippen molar-refractivity contribution in [3.63, 3.8) is 0 Å². The van der Waals surface area contributed by atoms with Gasteiger partial charge in [-0.25, -0.2) is 0 Å². The van der Waals surface area contributed by atoms with Gasteiger partial charge in [-0.1, -0.05) is 19.1 Å². The molecule has 0 spiro atoms. The zero-order valence-electron chi connectivity index (χ0n) is 11.8. The van der Waals surface area contributed by atoms with E-state index in [4.69, 9.17) is 0 Å². The van der Waals surface area contributed by atoms with E-state index in [0.717, 1.165) is 13.0 Å². The Kier molecular flexibility index (Phi) is 5.49. The third kappa shape index (κ3) is 3.47. The van der Waals surface area contributed by atoms with Gasteiger partial charge in [-0.3, -0.25) is 0 Å². The molecule has 17 heavy (non-hydrogen) atoms. The molecule has 0 aliphatic carbocycles. The third-order valence-electron chi connectivity index (χ3n) is 3.35. The van der Waals surface area contributed by atoms with E-state index in [0.29, 0.717) is 12.1 Å². The first-order valence-corrected chi connectivity index (χ1v) is 6.67. The monoisotopic (exact) mass is 234 g/mol. The highest BCUT2D eigenvalue weighted by molar-refractivity contribution is 5.48. The van der Waals surface area contributed by atoms with Crippen LogP contribution in [0.1, 0.15) is 45.7 Å². The molecule has 0 radical (unpaired) electrons. The van der Waals surface area contributed by atoms with Gasteiger partial charge in [-0.05, 0) is 51.9 Å². The fourth-order valence-corrected chi connectivity index (χ4v) is 2.35. The molecular weight excluding hydrogens is 208 g/mol. The predicted octanol–water partition coefficient (Wildman–Crippen LogP) is 3.59. The molecule has 0 aliphatic heterocycles. The Morgan fingerprint density at radius 1 is 1.12 bits per heavy atom. The molecule has 1 unspecified atom stereocenters. The van der Waals surface area contributed by atoms with Crippen LogP contribution in [0, 0.1) is 0 Å². The molecule has 1 N–H and O–H groups in total. The lowest BCUT2D eigenvalue weighted by Gasteiger charge is -2.28. The Labute approximate surface area is 106 Å². The normalized spacial score (nSPS) is 12.8. The van der Waals surface area contributed by atoms with Crippen molar-refractivity contribution >= 4 is 5.69 Å². The van der Waals surface area contributed by atoms with Crippen LogP contribution in [0.2, 0.25) is 0 Å². The van der Waals surface area contributed by atoms with Crippen molar-refractivity contribution in [2.75, 3.05) is 18.5 Å². The van der Waals surface area contributed by atoms with E-state index in [-0.39, 0.29) is 0 Å². The summed E-state index contributed by atoms with van der Waals surface area (Å²) in [4.78, 5) is 2.41. The number of anilines is 1. The summed E-state index contributed by atoms with van der Waals surface area (Å²) in [6.07, 6.45) is 1.12. The van der Waals surface area contributed by atoms with E-state index in [1.165, 1.54) is 11.3 Å². The van der Waals surface area contributed by atoms with Crippen molar-refractivity contribution in [3.05, 3.63) is 29.8 Å². The van der Waals surface area contributed by atoms with Gasteiger partial charge in [0.15, 0.2) is 0 Å². The highest BCUT2D eigenvalue weighted by atomic mass is 15.1. The maximum absolute atomic E-state index is 3.34. The minimum absolute atomic E-state index is 0.471. The van der Waals surface area contributed by atoms with Crippen LogP contribution in [-0.2, 0) is 0 Å². The van der Waals surface area contributed by atoms with E-state index in [9.17, 15) is 0 Å². The summed E-state index contributed by atoms with van der Waals surface area (Å²) in [5.41, 5.74) is 2.69. The highest BCUT2D eigenvalue weighted by Crippen LogP contribution is 2.22. The Bertz CT molecular complexity index is 312. The van der Waals surface area contributed by atoms with Crippen molar-refractivity contribution in [1.29, 1.82) is 0 Å². The topological polar surface area (TPSA) is 15.3 Å². The number of benzene rings is 1. The quantitative estimate of drug-likeness (QED) is 0.809. The first-order valence-electron chi connectivity index (χ1n) is 6.67. The van der Waals surface area contributed by atoms with Crippen molar-refractivity contribution in [2.24, 2.45) is 0 Å². The van der Waals surface area contributed by atoms with Gasteiger partial charge in [0, 0.05) is 24.3 Å². The molecule has 0 bridgehead atoms. The van der Waals surface area contributed by atoms with E-state index in [1.807, 2.05) is 7.05 Å². The average Bonchev–Trinajstić information content (AvgIpc) is 2.33. The molecule has 1 rings (SSSR count). The van der Waals surface area contributed by atoms with Crippen LogP contribution >= 0.6 is 0 Å². The van der Waals surface area contributed by atoms with Gasteiger partial charge in [0.05, 0.1) is 0 Å². The second-order valence-electron chi connectivity index (χ2n) is 4.72. The van der Waals surface area contributed by atoms with Gasteiger partial charge >= 0.3 is 0 Å². The fourth-order valence-electron chi connectivity index (χ4n) is 2.35. The molecule has 2 nitrogen and oxygen atoms in total. The summed E-state index contributed by atoms with van der Waals surface area (Å²) >= 11 is 0. The van der Waals surface area contributed by atoms with Crippen LogP contribution < -0.4 is 10.2 Å². The zero-order chi connectivity index (χ0) is 12.8. The van der Waals surface area contributed by atoms with E-state index >= 15 is 0 Å². The lowest BCUT2D eigenvalue weighted by molar-refractivity contribution is 0.577. The van der Waals surface area contributed by atoms with Crippen molar-refractivity contribution in [3.8, 4) is 0 Å². The molecule has 1 atom stereocenters. The molecule has 0 fully saturated rings. The lowest BCUT2D eigenvalue weighted by Crippen LogP contribution is -2.30. The maximum Gasteiger partial charge on any atom is 0.0368 e. The number of nitrogens with one attached hydrogen (secondary N) is 1. The van der Waals surface area contributed by atoms with Gasteiger partial charge in [0.2, 0.25) is 0 Å². The van der Waals surface area contributed by atoms with Crippen LogP contribution in [0.25, 0.3) is 0 Å². The molecule has 1 aromatic carbocycles. The number of nitrogens with zero attached hydrogens (tertiary/aromatic N) is 1. The molecule has 96 valence electrons. The van der Waals surface area contributed by atoms with Gasteiger partial charge in [-0.2, -0.15) is 0 Å². The molecule has 0 heterocycles. The summed E-state index contributed by atoms with van der Waals surface area (Å²) < 4.78 is 0. The molecular formula is C15H26N2. The Morgan fingerprint density at radius 3 is 2.06 bits per heavy atom. The molecule has 0 aliphatic rings. The first-order chi connectivity index (χ1) is 8.13. The Balaban J connectivity index is 2.86. The standard InChI is InChI=1S/C15H26N2/c1-6-15(16-5)13-8-10-14(11-9-13)17(7-2)12(3)4/h8-12,15-16H,6-7H2,1-5H3. The van der Waals surface area contributed by atoms with E-state index in [2.05, 4.69) is 62.2 Å². The maximum atomic E-state index is 3.34.